The number of sulfone groups is 1. The molecule has 2 aromatic heterocycles. The maximum atomic E-state index is 14.6. The molecule has 0 bridgehead atoms. The van der Waals surface area contributed by atoms with E-state index in [1.54, 1.807) is 0 Å². The number of pyridine rings is 1. The van der Waals surface area contributed by atoms with Gasteiger partial charge in [0.25, 0.3) is 10.7 Å². The standard InChI is InChI=1S/C20H8Cl2F5N3O3S/c21-12-2-1-3-13(22)17(12)30-15(31)7-6-11-16(10-5-4-9(23)8-14(10)24)28-19(29-18(11)30)34(32,33)20(25,26)27/h1-8H. The lowest BCUT2D eigenvalue weighted by Gasteiger charge is -2.16. The summed E-state index contributed by atoms with van der Waals surface area (Å²) in [5.41, 5.74) is -8.74. The van der Waals surface area contributed by atoms with E-state index < -0.39 is 54.6 Å². The molecule has 0 aliphatic rings. The van der Waals surface area contributed by atoms with E-state index in [0.29, 0.717) is 10.6 Å². The maximum absolute atomic E-state index is 14.6. The van der Waals surface area contributed by atoms with Crippen molar-refractivity contribution in [1.29, 1.82) is 0 Å². The lowest BCUT2D eigenvalue weighted by Crippen LogP contribution is -2.27. The topological polar surface area (TPSA) is 81.9 Å². The van der Waals surface area contributed by atoms with Gasteiger partial charge in [0.15, 0.2) is 5.65 Å². The van der Waals surface area contributed by atoms with Gasteiger partial charge in [-0.15, -0.1) is 0 Å². The quantitative estimate of drug-likeness (QED) is 0.261. The van der Waals surface area contributed by atoms with E-state index in [-0.39, 0.29) is 21.1 Å². The molecule has 0 unspecified atom stereocenters. The maximum Gasteiger partial charge on any atom is 0.505 e. The van der Waals surface area contributed by atoms with E-state index in [4.69, 9.17) is 23.2 Å². The van der Waals surface area contributed by atoms with Crippen LogP contribution < -0.4 is 5.56 Å². The van der Waals surface area contributed by atoms with Crippen molar-refractivity contribution in [3.63, 3.8) is 0 Å². The minimum absolute atomic E-state index is 0.115. The van der Waals surface area contributed by atoms with Gasteiger partial charge in [-0.05, 0) is 30.3 Å². The van der Waals surface area contributed by atoms with Crippen LogP contribution in [-0.4, -0.2) is 28.5 Å². The molecule has 0 fully saturated rings. The monoisotopic (exact) mass is 535 g/mol. The first-order valence-electron chi connectivity index (χ1n) is 8.98. The highest BCUT2D eigenvalue weighted by molar-refractivity contribution is 7.92. The fraction of sp³-hybridized carbons (Fsp3) is 0.0500. The Balaban J connectivity index is 2.24. The normalized spacial score (nSPS) is 12.3. The molecule has 4 aromatic rings. The molecule has 34 heavy (non-hydrogen) atoms. The summed E-state index contributed by atoms with van der Waals surface area (Å²) in [5.74, 6) is -2.24. The molecule has 0 aliphatic carbocycles. The zero-order valence-electron chi connectivity index (χ0n) is 16.2. The Kier molecular flexibility index (Phi) is 5.86. The molecule has 14 heteroatoms. The second kappa shape index (κ2) is 8.29. The smallest absolute Gasteiger partial charge is 0.269 e. The number of benzene rings is 2. The van der Waals surface area contributed by atoms with Crippen molar-refractivity contribution in [2.24, 2.45) is 0 Å². The average molecular weight is 536 g/mol. The molecule has 176 valence electrons. The Morgan fingerprint density at radius 1 is 0.912 bits per heavy atom. The number of rotatable bonds is 3. The van der Waals surface area contributed by atoms with Gasteiger partial charge in [0, 0.05) is 23.1 Å². The van der Waals surface area contributed by atoms with Crippen molar-refractivity contribution < 1.29 is 30.4 Å². The first-order chi connectivity index (χ1) is 15.8. The third-order valence-electron chi connectivity index (χ3n) is 4.62. The molecule has 0 spiro atoms. The Labute approximate surface area is 197 Å². The lowest BCUT2D eigenvalue weighted by atomic mass is 10.1. The van der Waals surface area contributed by atoms with Gasteiger partial charge in [-0.1, -0.05) is 29.3 Å². The molecule has 0 atom stereocenters. The Morgan fingerprint density at radius 2 is 1.56 bits per heavy atom. The van der Waals surface area contributed by atoms with Gasteiger partial charge in [-0.25, -0.2) is 22.2 Å². The van der Waals surface area contributed by atoms with Crippen molar-refractivity contribution in [3.8, 4) is 16.9 Å². The fourth-order valence-corrected chi connectivity index (χ4v) is 4.32. The molecule has 4 rings (SSSR count). The van der Waals surface area contributed by atoms with Gasteiger partial charge < -0.3 is 0 Å². The summed E-state index contributed by atoms with van der Waals surface area (Å²) in [5, 5.41) is -2.22. The van der Waals surface area contributed by atoms with Gasteiger partial charge >= 0.3 is 15.3 Å². The number of nitrogens with zero attached hydrogens (tertiary/aromatic N) is 3. The van der Waals surface area contributed by atoms with Crippen LogP contribution in [-0.2, 0) is 9.84 Å². The van der Waals surface area contributed by atoms with E-state index in [0.717, 1.165) is 24.3 Å². The summed E-state index contributed by atoms with van der Waals surface area (Å²) in [7, 11) is -6.15. The van der Waals surface area contributed by atoms with Crippen molar-refractivity contribution >= 4 is 44.1 Å². The number of alkyl halides is 3. The third kappa shape index (κ3) is 3.91. The summed E-state index contributed by atoms with van der Waals surface area (Å²) in [6, 6.07) is 8.17. The second-order valence-electron chi connectivity index (χ2n) is 6.74. The molecule has 0 saturated carbocycles. The molecule has 2 heterocycles. The predicted molar refractivity (Wildman–Crippen MR) is 114 cm³/mol. The van der Waals surface area contributed by atoms with Crippen LogP contribution in [0.15, 0.2) is 58.5 Å². The fourth-order valence-electron chi connectivity index (χ4n) is 3.12. The number of aromatic nitrogens is 3. The molecular weight excluding hydrogens is 528 g/mol. The molecule has 0 radical (unpaired) electrons. The van der Waals surface area contributed by atoms with E-state index in [2.05, 4.69) is 9.97 Å². The highest BCUT2D eigenvalue weighted by atomic mass is 35.5. The summed E-state index contributed by atoms with van der Waals surface area (Å²) in [6.07, 6.45) is 0. The average Bonchev–Trinajstić information content (AvgIpc) is 2.73. The first kappa shape index (κ1) is 24.0. The van der Waals surface area contributed by atoms with Crippen LogP contribution in [0.3, 0.4) is 0 Å². The van der Waals surface area contributed by atoms with Crippen LogP contribution in [0.25, 0.3) is 28.0 Å². The number of halogens is 7. The van der Waals surface area contributed by atoms with Gasteiger partial charge in [0.05, 0.1) is 21.4 Å². The highest BCUT2D eigenvalue weighted by Crippen LogP contribution is 2.35. The minimum Gasteiger partial charge on any atom is -0.269 e. The molecule has 0 N–H and O–H groups in total. The summed E-state index contributed by atoms with van der Waals surface area (Å²) in [6.45, 7) is 0. The molecule has 2 aromatic carbocycles. The van der Waals surface area contributed by atoms with E-state index in [9.17, 15) is 35.2 Å². The first-order valence-corrected chi connectivity index (χ1v) is 11.2. The lowest BCUT2D eigenvalue weighted by molar-refractivity contribution is -0.0440. The summed E-state index contributed by atoms with van der Waals surface area (Å²) < 4.78 is 92.9. The van der Waals surface area contributed by atoms with Crippen LogP contribution in [0.1, 0.15) is 0 Å². The van der Waals surface area contributed by atoms with Crippen molar-refractivity contribution in [2.45, 2.75) is 10.7 Å². The van der Waals surface area contributed by atoms with Crippen molar-refractivity contribution in [3.05, 3.63) is 80.6 Å². The van der Waals surface area contributed by atoms with Crippen LogP contribution in [0.2, 0.25) is 10.0 Å². The zero-order chi connectivity index (χ0) is 25.0. The molecular formula is C20H8Cl2F5N3O3S. The Bertz CT molecular complexity index is 1620. The number of para-hydroxylation sites is 1. The molecule has 0 saturated heterocycles. The van der Waals surface area contributed by atoms with E-state index in [1.165, 1.54) is 18.2 Å². The summed E-state index contributed by atoms with van der Waals surface area (Å²) >= 11 is 12.3. The molecule has 0 amide bonds. The largest absolute Gasteiger partial charge is 0.505 e. The predicted octanol–water partition coefficient (Wildman–Crippen LogP) is 5.33. The van der Waals surface area contributed by atoms with Gasteiger partial charge in [-0.3, -0.25) is 9.36 Å². The molecule has 6 nitrogen and oxygen atoms in total. The Morgan fingerprint density at radius 3 is 2.15 bits per heavy atom. The molecule has 0 aliphatic heterocycles. The zero-order valence-corrected chi connectivity index (χ0v) is 18.6. The van der Waals surface area contributed by atoms with Crippen molar-refractivity contribution in [1.82, 2.24) is 14.5 Å². The number of hydrogen-bond donors (Lipinski definition) is 0. The van der Waals surface area contributed by atoms with Gasteiger partial charge in [0.1, 0.15) is 11.6 Å². The highest BCUT2D eigenvalue weighted by Gasteiger charge is 2.49. The second-order valence-corrected chi connectivity index (χ2v) is 9.39. The number of fused-ring (bicyclic) bond motifs is 1. The van der Waals surface area contributed by atoms with E-state index >= 15 is 0 Å². The van der Waals surface area contributed by atoms with Crippen LogP contribution in [0, 0.1) is 11.6 Å². The SMILES string of the molecule is O=c1ccc2c(-c3ccc(F)cc3F)nc(S(=O)(=O)C(F)(F)F)nc2n1-c1c(Cl)cccc1Cl. The van der Waals surface area contributed by atoms with E-state index in [1.807, 2.05) is 0 Å². The van der Waals surface area contributed by atoms with Crippen LogP contribution >= 0.6 is 23.2 Å². The van der Waals surface area contributed by atoms with Gasteiger partial charge in [-0.2, -0.15) is 18.2 Å². The summed E-state index contributed by atoms with van der Waals surface area (Å²) in [4.78, 5) is 19.7. The third-order valence-corrected chi connectivity index (χ3v) is 6.50. The van der Waals surface area contributed by atoms with Crippen LogP contribution in [0.4, 0.5) is 22.0 Å². The van der Waals surface area contributed by atoms with Crippen LogP contribution in [0.5, 0.6) is 0 Å². The Hall–Kier alpha value is -3.09. The minimum atomic E-state index is -6.15. The van der Waals surface area contributed by atoms with Crippen molar-refractivity contribution in [2.75, 3.05) is 0 Å². The number of hydrogen-bond acceptors (Lipinski definition) is 5. The van der Waals surface area contributed by atoms with Gasteiger partial charge in [0.2, 0.25) is 0 Å².